The monoisotopic (exact) mass is 183 g/mol. The SMILES string of the molecule is CCNC(C(=O)O)c1cnn(C)c1. The highest BCUT2D eigenvalue weighted by atomic mass is 16.4. The maximum absolute atomic E-state index is 10.8. The number of aryl methyl sites for hydroxylation is 1. The van der Waals surface area contributed by atoms with Crippen molar-refractivity contribution in [3.63, 3.8) is 0 Å². The average Bonchev–Trinajstić information content (AvgIpc) is 2.46. The summed E-state index contributed by atoms with van der Waals surface area (Å²) in [5, 5.41) is 15.6. The number of carboxylic acids is 1. The molecule has 1 atom stereocenters. The first-order valence-corrected chi connectivity index (χ1v) is 4.10. The molecule has 5 nitrogen and oxygen atoms in total. The van der Waals surface area contributed by atoms with E-state index in [2.05, 4.69) is 10.4 Å². The van der Waals surface area contributed by atoms with Crippen LogP contribution in [0.4, 0.5) is 0 Å². The molecular formula is C8H13N3O2. The van der Waals surface area contributed by atoms with Crippen molar-refractivity contribution >= 4 is 5.97 Å². The van der Waals surface area contributed by atoms with Gasteiger partial charge in [-0.1, -0.05) is 6.92 Å². The zero-order chi connectivity index (χ0) is 9.84. The van der Waals surface area contributed by atoms with E-state index < -0.39 is 12.0 Å². The van der Waals surface area contributed by atoms with Crippen molar-refractivity contribution in [2.24, 2.45) is 7.05 Å². The summed E-state index contributed by atoms with van der Waals surface area (Å²) >= 11 is 0. The second-order valence-corrected chi connectivity index (χ2v) is 2.78. The summed E-state index contributed by atoms with van der Waals surface area (Å²) in [6.45, 7) is 2.48. The third-order valence-corrected chi connectivity index (χ3v) is 1.71. The van der Waals surface area contributed by atoms with E-state index in [4.69, 9.17) is 5.11 Å². The van der Waals surface area contributed by atoms with Crippen molar-refractivity contribution in [2.75, 3.05) is 6.54 Å². The first kappa shape index (κ1) is 9.73. The van der Waals surface area contributed by atoms with Crippen LogP contribution in [0.1, 0.15) is 18.5 Å². The zero-order valence-electron chi connectivity index (χ0n) is 7.69. The van der Waals surface area contributed by atoms with E-state index in [1.54, 1.807) is 24.1 Å². The van der Waals surface area contributed by atoms with Crippen LogP contribution in [-0.2, 0) is 11.8 Å². The van der Waals surface area contributed by atoms with E-state index in [1.807, 2.05) is 6.92 Å². The number of nitrogens with one attached hydrogen (secondary N) is 1. The molecule has 0 fully saturated rings. The quantitative estimate of drug-likeness (QED) is 0.697. The molecule has 0 saturated carbocycles. The normalized spacial score (nSPS) is 12.8. The number of aliphatic carboxylic acids is 1. The molecule has 13 heavy (non-hydrogen) atoms. The molecule has 0 saturated heterocycles. The molecule has 0 aliphatic carbocycles. The van der Waals surface area contributed by atoms with Crippen LogP contribution in [0.15, 0.2) is 12.4 Å². The molecule has 1 heterocycles. The van der Waals surface area contributed by atoms with Gasteiger partial charge in [-0.15, -0.1) is 0 Å². The fourth-order valence-corrected chi connectivity index (χ4v) is 1.14. The summed E-state index contributed by atoms with van der Waals surface area (Å²) in [6, 6.07) is -0.654. The van der Waals surface area contributed by atoms with Gasteiger partial charge in [-0.25, -0.2) is 0 Å². The van der Waals surface area contributed by atoms with Gasteiger partial charge in [0.2, 0.25) is 0 Å². The Morgan fingerprint density at radius 2 is 2.54 bits per heavy atom. The minimum absolute atomic E-state index is 0.617. The number of nitrogens with zero attached hydrogens (tertiary/aromatic N) is 2. The topological polar surface area (TPSA) is 67.2 Å². The van der Waals surface area contributed by atoms with Gasteiger partial charge in [0, 0.05) is 18.8 Å². The largest absolute Gasteiger partial charge is 0.480 e. The van der Waals surface area contributed by atoms with Crippen LogP contribution in [0.5, 0.6) is 0 Å². The van der Waals surface area contributed by atoms with Gasteiger partial charge in [0.15, 0.2) is 0 Å². The number of rotatable bonds is 4. The van der Waals surface area contributed by atoms with Crippen LogP contribution in [0.3, 0.4) is 0 Å². The summed E-state index contributed by atoms with van der Waals surface area (Å²) in [6.07, 6.45) is 3.25. The van der Waals surface area contributed by atoms with E-state index in [9.17, 15) is 4.79 Å². The Morgan fingerprint density at radius 1 is 1.85 bits per heavy atom. The van der Waals surface area contributed by atoms with Crippen molar-refractivity contribution in [3.05, 3.63) is 18.0 Å². The lowest BCUT2D eigenvalue weighted by molar-refractivity contribution is -0.139. The van der Waals surface area contributed by atoms with E-state index in [0.717, 1.165) is 0 Å². The van der Waals surface area contributed by atoms with E-state index >= 15 is 0 Å². The third kappa shape index (κ3) is 2.29. The second-order valence-electron chi connectivity index (χ2n) is 2.78. The van der Waals surface area contributed by atoms with Crippen LogP contribution in [0.2, 0.25) is 0 Å². The Bertz CT molecular complexity index is 295. The molecule has 0 spiro atoms. The fraction of sp³-hybridized carbons (Fsp3) is 0.500. The van der Waals surface area contributed by atoms with Crippen LogP contribution < -0.4 is 5.32 Å². The second kappa shape index (κ2) is 4.04. The van der Waals surface area contributed by atoms with E-state index in [-0.39, 0.29) is 0 Å². The predicted molar refractivity (Wildman–Crippen MR) is 47.3 cm³/mol. The van der Waals surface area contributed by atoms with Gasteiger partial charge in [-0.05, 0) is 6.54 Å². The average molecular weight is 183 g/mol. The molecule has 1 rings (SSSR count). The number of hydrogen-bond donors (Lipinski definition) is 2. The third-order valence-electron chi connectivity index (χ3n) is 1.71. The Morgan fingerprint density at radius 3 is 2.92 bits per heavy atom. The summed E-state index contributed by atoms with van der Waals surface area (Å²) in [5.41, 5.74) is 0.678. The van der Waals surface area contributed by atoms with Gasteiger partial charge in [-0.2, -0.15) is 5.10 Å². The first-order chi connectivity index (χ1) is 6.15. The molecule has 0 amide bonds. The van der Waals surface area contributed by atoms with Gasteiger partial charge in [0.1, 0.15) is 6.04 Å². The van der Waals surface area contributed by atoms with E-state index in [0.29, 0.717) is 12.1 Å². The molecule has 2 N–H and O–H groups in total. The van der Waals surface area contributed by atoms with Crippen molar-refractivity contribution in [2.45, 2.75) is 13.0 Å². The Balaban J connectivity index is 2.81. The smallest absolute Gasteiger partial charge is 0.325 e. The Hall–Kier alpha value is -1.36. The van der Waals surface area contributed by atoms with Crippen LogP contribution in [0.25, 0.3) is 0 Å². The predicted octanol–water partition coefficient (Wildman–Crippen LogP) is 0.155. The molecular weight excluding hydrogens is 170 g/mol. The highest BCUT2D eigenvalue weighted by Gasteiger charge is 2.19. The molecule has 5 heteroatoms. The Labute approximate surface area is 76.4 Å². The summed E-state index contributed by atoms with van der Waals surface area (Å²) in [5.74, 6) is -0.880. The Kier molecular flexibility index (Phi) is 3.02. The van der Waals surface area contributed by atoms with Crippen molar-refractivity contribution in [1.29, 1.82) is 0 Å². The number of likely N-dealkylation sites (N-methyl/N-ethyl adjacent to an activating group) is 1. The summed E-state index contributed by atoms with van der Waals surface area (Å²) in [4.78, 5) is 10.8. The lowest BCUT2D eigenvalue weighted by atomic mass is 10.1. The van der Waals surface area contributed by atoms with Gasteiger partial charge < -0.3 is 10.4 Å². The molecule has 72 valence electrons. The van der Waals surface area contributed by atoms with Crippen LogP contribution >= 0.6 is 0 Å². The number of aromatic nitrogens is 2. The van der Waals surface area contributed by atoms with Crippen LogP contribution in [-0.4, -0.2) is 27.4 Å². The minimum Gasteiger partial charge on any atom is -0.480 e. The molecule has 1 aromatic rings. The molecule has 0 aromatic carbocycles. The number of hydrogen-bond acceptors (Lipinski definition) is 3. The highest BCUT2D eigenvalue weighted by molar-refractivity contribution is 5.75. The maximum atomic E-state index is 10.8. The lowest BCUT2D eigenvalue weighted by Gasteiger charge is -2.09. The van der Waals surface area contributed by atoms with Crippen LogP contribution in [0, 0.1) is 0 Å². The first-order valence-electron chi connectivity index (χ1n) is 4.10. The molecule has 1 aromatic heterocycles. The standard InChI is InChI=1S/C8H13N3O2/c1-3-9-7(8(12)13)6-4-10-11(2)5-6/h4-5,7,9H,3H2,1-2H3,(H,12,13). The van der Waals surface area contributed by atoms with Gasteiger partial charge in [0.25, 0.3) is 0 Å². The van der Waals surface area contributed by atoms with Gasteiger partial charge >= 0.3 is 5.97 Å². The summed E-state index contributed by atoms with van der Waals surface area (Å²) in [7, 11) is 1.76. The van der Waals surface area contributed by atoms with E-state index in [1.165, 1.54) is 0 Å². The van der Waals surface area contributed by atoms with Gasteiger partial charge in [-0.3, -0.25) is 9.48 Å². The molecule has 0 radical (unpaired) electrons. The zero-order valence-corrected chi connectivity index (χ0v) is 7.69. The number of carboxylic acid groups (broad SMARTS) is 1. The molecule has 0 bridgehead atoms. The minimum atomic E-state index is -0.880. The highest BCUT2D eigenvalue weighted by Crippen LogP contribution is 2.10. The maximum Gasteiger partial charge on any atom is 0.325 e. The van der Waals surface area contributed by atoms with Crippen molar-refractivity contribution < 1.29 is 9.90 Å². The van der Waals surface area contributed by atoms with Gasteiger partial charge in [0.05, 0.1) is 6.20 Å². The number of carbonyl (C=O) groups is 1. The summed E-state index contributed by atoms with van der Waals surface area (Å²) < 4.78 is 1.59. The van der Waals surface area contributed by atoms with Crippen molar-refractivity contribution in [1.82, 2.24) is 15.1 Å². The molecule has 0 aliphatic rings. The van der Waals surface area contributed by atoms with Crippen molar-refractivity contribution in [3.8, 4) is 0 Å². The molecule has 0 aliphatic heterocycles. The fourth-order valence-electron chi connectivity index (χ4n) is 1.14. The molecule has 1 unspecified atom stereocenters. The lowest BCUT2D eigenvalue weighted by Crippen LogP contribution is -2.27.